The van der Waals surface area contributed by atoms with E-state index in [1.54, 1.807) is 37.4 Å². The lowest BCUT2D eigenvalue weighted by atomic mass is 9.64. The number of benzene rings is 3. The summed E-state index contributed by atoms with van der Waals surface area (Å²) in [5.41, 5.74) is 2.12. The summed E-state index contributed by atoms with van der Waals surface area (Å²) in [6.45, 7) is 1.49. The zero-order chi connectivity index (χ0) is 25.2. The lowest BCUT2D eigenvalue weighted by molar-refractivity contribution is -0.122. The van der Waals surface area contributed by atoms with Crippen molar-refractivity contribution in [3.8, 4) is 5.75 Å². The second kappa shape index (κ2) is 8.07. The van der Waals surface area contributed by atoms with Crippen LogP contribution in [-0.2, 0) is 15.0 Å². The summed E-state index contributed by atoms with van der Waals surface area (Å²) >= 11 is 6.27. The zero-order valence-electron chi connectivity index (χ0n) is 19.7. The highest BCUT2D eigenvalue weighted by molar-refractivity contribution is 6.31. The Kier molecular flexibility index (Phi) is 5.05. The Hall–Kier alpha value is -3.90. The summed E-state index contributed by atoms with van der Waals surface area (Å²) < 4.78 is 5.26. The SMILES string of the molecule is COc1ccc(C(=O)C2C(C(C)=O)N3c4ccc(Cl)cc4C=CC3C23C(=O)Nc2ccccc23)cc1. The van der Waals surface area contributed by atoms with E-state index in [-0.39, 0.29) is 17.5 Å². The lowest BCUT2D eigenvalue weighted by Crippen LogP contribution is -2.51. The average Bonchev–Trinajstić information content (AvgIpc) is 3.36. The number of anilines is 2. The number of para-hydroxylation sites is 1. The van der Waals surface area contributed by atoms with Crippen molar-refractivity contribution in [2.75, 3.05) is 17.3 Å². The van der Waals surface area contributed by atoms with Crippen LogP contribution in [0.5, 0.6) is 5.75 Å². The fourth-order valence-corrected chi connectivity index (χ4v) is 6.42. The van der Waals surface area contributed by atoms with Gasteiger partial charge in [-0.15, -0.1) is 0 Å². The van der Waals surface area contributed by atoms with Crippen LogP contribution in [0.25, 0.3) is 6.08 Å². The number of methoxy groups -OCH3 is 1. The molecule has 3 aliphatic rings. The number of carbonyl (C=O) groups excluding carboxylic acids is 3. The van der Waals surface area contributed by atoms with Gasteiger partial charge in [-0.05, 0) is 66.6 Å². The van der Waals surface area contributed by atoms with Crippen LogP contribution in [0.3, 0.4) is 0 Å². The van der Waals surface area contributed by atoms with Crippen LogP contribution < -0.4 is 15.0 Å². The highest BCUT2D eigenvalue weighted by Gasteiger charge is 2.69. The first kappa shape index (κ1) is 22.6. The summed E-state index contributed by atoms with van der Waals surface area (Å²) in [4.78, 5) is 43.7. The maximum atomic E-state index is 14.3. The van der Waals surface area contributed by atoms with E-state index in [0.717, 1.165) is 16.8 Å². The van der Waals surface area contributed by atoms with Crippen LogP contribution in [0.15, 0.2) is 72.8 Å². The summed E-state index contributed by atoms with van der Waals surface area (Å²) in [6, 6.07) is 18.3. The number of ether oxygens (including phenoxy) is 1. The first-order valence-electron chi connectivity index (χ1n) is 11.7. The number of hydrogen-bond acceptors (Lipinski definition) is 5. The molecule has 4 unspecified atom stereocenters. The average molecular weight is 499 g/mol. The first-order valence-corrected chi connectivity index (χ1v) is 12.1. The topological polar surface area (TPSA) is 75.7 Å². The molecule has 3 heterocycles. The highest BCUT2D eigenvalue weighted by atomic mass is 35.5. The Morgan fingerprint density at radius 2 is 1.81 bits per heavy atom. The number of halogens is 1. The van der Waals surface area contributed by atoms with Crippen LogP contribution >= 0.6 is 11.6 Å². The number of nitrogens with one attached hydrogen (secondary N) is 1. The number of carbonyl (C=O) groups is 3. The molecule has 3 aromatic carbocycles. The molecular formula is C29H23ClN2O4. The van der Waals surface area contributed by atoms with Gasteiger partial charge in [0.25, 0.3) is 0 Å². The molecule has 36 heavy (non-hydrogen) atoms. The van der Waals surface area contributed by atoms with Crippen LogP contribution in [-0.4, -0.2) is 36.7 Å². The standard InChI is InChI=1S/C29H23ClN2O4/c1-16(33)26-25(27(34)17-7-11-20(36-2)12-8-17)29(21-5-3-4-6-22(21)31-28(29)35)24-14-9-18-15-19(30)10-13-23(18)32(24)26/h3-15,24-26H,1-2H3,(H,31,35). The van der Waals surface area contributed by atoms with E-state index in [2.05, 4.69) is 5.32 Å². The van der Waals surface area contributed by atoms with E-state index in [9.17, 15) is 14.4 Å². The minimum absolute atomic E-state index is 0.183. The van der Waals surface area contributed by atoms with E-state index in [1.165, 1.54) is 6.92 Å². The molecule has 0 bridgehead atoms. The molecule has 0 saturated carbocycles. The van der Waals surface area contributed by atoms with Crippen molar-refractivity contribution in [1.29, 1.82) is 0 Å². The van der Waals surface area contributed by atoms with Crippen LogP contribution in [0.4, 0.5) is 11.4 Å². The predicted octanol–water partition coefficient (Wildman–Crippen LogP) is 4.91. The van der Waals surface area contributed by atoms with Crippen molar-refractivity contribution in [1.82, 2.24) is 0 Å². The Bertz CT molecular complexity index is 1460. The normalized spacial score (nSPS) is 25.2. The number of hydrogen-bond donors (Lipinski definition) is 1. The number of ketones is 2. The minimum Gasteiger partial charge on any atom is -0.497 e. The first-order chi connectivity index (χ1) is 17.4. The van der Waals surface area contributed by atoms with Gasteiger partial charge in [-0.25, -0.2) is 0 Å². The van der Waals surface area contributed by atoms with Gasteiger partial charge in [0.05, 0.1) is 25.1 Å². The van der Waals surface area contributed by atoms with Gasteiger partial charge in [-0.3, -0.25) is 14.4 Å². The molecule has 180 valence electrons. The summed E-state index contributed by atoms with van der Waals surface area (Å²) in [5.74, 6) is -1.06. The lowest BCUT2D eigenvalue weighted by Gasteiger charge is -2.37. The van der Waals surface area contributed by atoms with Gasteiger partial charge in [0.1, 0.15) is 11.2 Å². The number of amides is 1. The van der Waals surface area contributed by atoms with Crippen molar-refractivity contribution >= 4 is 46.5 Å². The van der Waals surface area contributed by atoms with E-state index in [0.29, 0.717) is 22.0 Å². The fourth-order valence-electron chi connectivity index (χ4n) is 6.24. The third-order valence-electron chi connectivity index (χ3n) is 7.67. The van der Waals surface area contributed by atoms with Crippen molar-refractivity contribution in [2.45, 2.75) is 24.4 Å². The van der Waals surface area contributed by atoms with Crippen molar-refractivity contribution in [2.24, 2.45) is 5.92 Å². The fraction of sp³-hybridized carbons (Fsp3) is 0.207. The molecule has 3 aliphatic heterocycles. The molecule has 4 atom stereocenters. The molecule has 1 saturated heterocycles. The summed E-state index contributed by atoms with van der Waals surface area (Å²) in [6.07, 6.45) is 3.85. The van der Waals surface area contributed by atoms with Crippen LogP contribution in [0.2, 0.25) is 5.02 Å². The Balaban J connectivity index is 1.63. The second-order valence-corrected chi connectivity index (χ2v) is 9.85. The molecule has 1 fully saturated rings. The number of Topliss-reactive ketones (excluding diaryl/α,β-unsaturated/α-hetero) is 2. The number of nitrogens with zero attached hydrogens (tertiary/aromatic N) is 1. The monoisotopic (exact) mass is 498 g/mol. The number of rotatable bonds is 4. The van der Waals surface area contributed by atoms with Gasteiger partial charge in [0.15, 0.2) is 11.6 Å². The zero-order valence-corrected chi connectivity index (χ0v) is 20.5. The molecule has 0 aliphatic carbocycles. The molecule has 1 spiro atoms. The van der Waals surface area contributed by atoms with E-state index < -0.39 is 23.4 Å². The minimum atomic E-state index is -1.29. The maximum Gasteiger partial charge on any atom is 0.238 e. The van der Waals surface area contributed by atoms with E-state index >= 15 is 0 Å². The van der Waals surface area contributed by atoms with Crippen molar-refractivity contribution in [3.63, 3.8) is 0 Å². The molecule has 0 aromatic heterocycles. The van der Waals surface area contributed by atoms with Crippen LogP contribution in [0.1, 0.15) is 28.4 Å². The predicted molar refractivity (Wildman–Crippen MR) is 139 cm³/mol. The summed E-state index contributed by atoms with van der Waals surface area (Å²) in [7, 11) is 1.56. The van der Waals surface area contributed by atoms with Gasteiger partial charge in [-0.1, -0.05) is 42.0 Å². The quantitative estimate of drug-likeness (QED) is 0.517. The van der Waals surface area contributed by atoms with Gasteiger partial charge in [0.2, 0.25) is 5.91 Å². The van der Waals surface area contributed by atoms with Gasteiger partial charge >= 0.3 is 0 Å². The molecule has 6 rings (SSSR count). The van der Waals surface area contributed by atoms with Gasteiger partial charge in [-0.2, -0.15) is 0 Å². The van der Waals surface area contributed by atoms with E-state index in [1.807, 2.05) is 53.5 Å². The number of fused-ring (bicyclic) bond motifs is 6. The van der Waals surface area contributed by atoms with Gasteiger partial charge < -0.3 is 15.0 Å². The molecule has 3 aromatic rings. The highest BCUT2D eigenvalue weighted by Crippen LogP contribution is 2.57. The third-order valence-corrected chi connectivity index (χ3v) is 7.90. The molecule has 1 N–H and O–H groups in total. The second-order valence-electron chi connectivity index (χ2n) is 9.41. The van der Waals surface area contributed by atoms with Crippen molar-refractivity contribution in [3.05, 3.63) is 94.5 Å². The smallest absolute Gasteiger partial charge is 0.238 e. The Morgan fingerprint density at radius 1 is 1.06 bits per heavy atom. The molecule has 1 amide bonds. The maximum absolute atomic E-state index is 14.3. The Morgan fingerprint density at radius 3 is 2.53 bits per heavy atom. The molecule has 6 nitrogen and oxygen atoms in total. The van der Waals surface area contributed by atoms with Gasteiger partial charge in [0, 0.05) is 22.0 Å². The molecule has 0 radical (unpaired) electrons. The molecular weight excluding hydrogens is 476 g/mol. The van der Waals surface area contributed by atoms with Crippen LogP contribution in [0, 0.1) is 5.92 Å². The van der Waals surface area contributed by atoms with E-state index in [4.69, 9.17) is 16.3 Å². The molecule has 7 heteroatoms. The van der Waals surface area contributed by atoms with Crippen molar-refractivity contribution < 1.29 is 19.1 Å². The largest absolute Gasteiger partial charge is 0.497 e. The summed E-state index contributed by atoms with van der Waals surface area (Å²) in [5, 5.41) is 3.58. The Labute approximate surface area is 213 Å². The third kappa shape index (κ3) is 2.94.